The van der Waals surface area contributed by atoms with Crippen LogP contribution in [0.1, 0.15) is 32.8 Å². The Balaban J connectivity index is 1.78. The van der Waals surface area contributed by atoms with Crippen molar-refractivity contribution in [2.45, 2.75) is 94.9 Å². The first-order valence-electron chi connectivity index (χ1n) is 14.7. The van der Waals surface area contributed by atoms with E-state index in [0.29, 0.717) is 25.3 Å². The highest BCUT2D eigenvalue weighted by Gasteiger charge is 2.69. The highest BCUT2D eigenvalue weighted by atomic mass is 32.2. The number of benzene rings is 1. The lowest BCUT2D eigenvalue weighted by Gasteiger charge is -2.38. The standard InChI is InChI=1S/C29H46F2N6O3SSi2/c1-27(2,3)40-26(38)37(19-39-12-13-42(4,5)6)25-33-29(17-30,21-14-20(32)10-11-22(21)31)23-15-28(23,41-25)18-36-16-24(34-35-36)43(7,8)9/h10-11,14,16,23H,12-13,15,17-19,32H2,1-9H3/t23-,28-,29-/m1/s1. The van der Waals surface area contributed by atoms with Gasteiger partial charge in [-0.2, -0.15) is 0 Å². The van der Waals surface area contributed by atoms with Gasteiger partial charge in [0.25, 0.3) is 0 Å². The molecule has 4 rings (SSSR count). The van der Waals surface area contributed by atoms with Gasteiger partial charge in [0.2, 0.25) is 0 Å². The molecule has 43 heavy (non-hydrogen) atoms. The quantitative estimate of drug-likeness (QED) is 0.149. The molecule has 1 aromatic heterocycles. The van der Waals surface area contributed by atoms with Crippen LogP contribution < -0.4 is 11.1 Å². The molecule has 2 N–H and O–H groups in total. The summed E-state index contributed by atoms with van der Waals surface area (Å²) in [6.45, 7) is 18.4. The maximum Gasteiger partial charge on any atom is 0.418 e. The SMILES string of the molecule is CC(C)(C)OC(=O)N(COCC[Si](C)(C)C)C1=N[C@](CF)(c2cc(N)ccc2F)[C@@H]2C[C@]2(Cn2cc([Si](C)(C)C)nn2)S1. The monoisotopic (exact) mass is 652 g/mol. The second-order valence-corrected chi connectivity index (χ2v) is 26.9. The predicted octanol–water partition coefficient (Wildman–Crippen LogP) is 5.82. The summed E-state index contributed by atoms with van der Waals surface area (Å²) in [6.07, 6.45) is 1.82. The average Bonchev–Trinajstić information content (AvgIpc) is 3.38. The van der Waals surface area contributed by atoms with E-state index in [0.717, 1.165) is 11.4 Å². The van der Waals surface area contributed by atoms with Gasteiger partial charge in [0.1, 0.15) is 38.4 Å². The molecule has 1 aliphatic carbocycles. The molecule has 9 nitrogen and oxygen atoms in total. The Bertz CT molecular complexity index is 1370. The topological polar surface area (TPSA) is 108 Å². The Kier molecular flexibility index (Phi) is 9.29. The molecule has 1 amide bonds. The molecule has 1 aromatic carbocycles. The first-order valence-corrected chi connectivity index (χ1v) is 22.7. The van der Waals surface area contributed by atoms with Crippen LogP contribution in [-0.2, 0) is 21.6 Å². The highest BCUT2D eigenvalue weighted by molar-refractivity contribution is 8.15. The Labute approximate surface area is 260 Å². The van der Waals surface area contributed by atoms with Gasteiger partial charge < -0.3 is 15.2 Å². The van der Waals surface area contributed by atoms with Crippen molar-refractivity contribution in [3.8, 4) is 0 Å². The number of nitrogens with two attached hydrogens (primary N) is 1. The van der Waals surface area contributed by atoms with Gasteiger partial charge in [0.15, 0.2) is 5.17 Å². The van der Waals surface area contributed by atoms with Crippen molar-refractivity contribution < 1.29 is 23.0 Å². The number of ether oxygens (including phenoxy) is 2. The summed E-state index contributed by atoms with van der Waals surface area (Å²) in [5, 5.41) is 10.00. The fourth-order valence-corrected chi connectivity index (χ4v) is 8.36. The van der Waals surface area contributed by atoms with Crippen molar-refractivity contribution in [1.29, 1.82) is 0 Å². The summed E-state index contributed by atoms with van der Waals surface area (Å²) >= 11 is 1.37. The molecule has 0 spiro atoms. The average molecular weight is 653 g/mol. The third-order valence-corrected chi connectivity index (χ3v) is 12.6. The number of rotatable bonds is 10. The van der Waals surface area contributed by atoms with Crippen molar-refractivity contribution in [3.05, 3.63) is 35.8 Å². The number of alkyl halides is 1. The zero-order valence-corrected chi connectivity index (χ0v) is 29.6. The number of aromatic nitrogens is 3. The minimum Gasteiger partial charge on any atom is -0.443 e. The van der Waals surface area contributed by atoms with E-state index >= 15 is 8.78 Å². The molecule has 14 heteroatoms. The molecular formula is C29H46F2N6O3SSi2. The van der Waals surface area contributed by atoms with E-state index in [2.05, 4.69) is 49.6 Å². The number of amides is 1. The Morgan fingerprint density at radius 2 is 1.93 bits per heavy atom. The lowest BCUT2D eigenvalue weighted by Crippen LogP contribution is -2.47. The number of hydrogen-bond donors (Lipinski definition) is 1. The molecule has 2 heterocycles. The zero-order chi connectivity index (χ0) is 32.0. The summed E-state index contributed by atoms with van der Waals surface area (Å²) in [7, 11) is -3.12. The number of carbonyl (C=O) groups excluding carboxylic acids is 1. The molecule has 2 aliphatic rings. The normalized spacial score (nSPS) is 23.9. The smallest absolute Gasteiger partial charge is 0.418 e. The number of fused-ring (bicyclic) bond motifs is 1. The first kappa shape index (κ1) is 33.6. The lowest BCUT2D eigenvalue weighted by molar-refractivity contribution is 0.0109. The van der Waals surface area contributed by atoms with Crippen molar-refractivity contribution in [3.63, 3.8) is 0 Å². The summed E-state index contributed by atoms with van der Waals surface area (Å²) in [4.78, 5) is 19.8. The maximum absolute atomic E-state index is 15.5. The molecular weight excluding hydrogens is 607 g/mol. The van der Waals surface area contributed by atoms with Gasteiger partial charge in [-0.05, 0) is 51.4 Å². The molecule has 238 valence electrons. The molecule has 0 radical (unpaired) electrons. The van der Waals surface area contributed by atoms with Crippen LogP contribution in [0.3, 0.4) is 0 Å². The largest absolute Gasteiger partial charge is 0.443 e. The number of aliphatic imine (C=N–C) groups is 1. The van der Waals surface area contributed by atoms with Gasteiger partial charge in [0, 0.05) is 42.8 Å². The molecule has 1 saturated carbocycles. The molecule has 2 aromatic rings. The van der Waals surface area contributed by atoms with Crippen LogP contribution in [0.2, 0.25) is 45.3 Å². The lowest BCUT2D eigenvalue weighted by atomic mass is 9.84. The van der Waals surface area contributed by atoms with Crippen molar-refractivity contribution in [2.75, 3.05) is 25.7 Å². The number of halogens is 2. The van der Waals surface area contributed by atoms with Crippen molar-refractivity contribution >= 4 is 50.2 Å². The number of thioether (sulfide) groups is 1. The summed E-state index contributed by atoms with van der Waals surface area (Å²) in [6, 6.07) is 5.04. The molecule has 3 atom stereocenters. The summed E-state index contributed by atoms with van der Waals surface area (Å²) < 4.78 is 43.9. The first-order chi connectivity index (χ1) is 19.8. The number of nitrogen functional groups attached to an aromatic ring is 1. The van der Waals surface area contributed by atoms with E-state index < -0.39 is 50.6 Å². The van der Waals surface area contributed by atoms with E-state index in [1.165, 1.54) is 34.9 Å². The van der Waals surface area contributed by atoms with E-state index in [1.807, 2.05) is 6.20 Å². The number of carbonyl (C=O) groups is 1. The minimum absolute atomic E-state index is 0.0739. The third-order valence-electron chi connectivity index (χ3n) is 7.65. The summed E-state index contributed by atoms with van der Waals surface area (Å²) in [5.41, 5.74) is 4.06. The molecule has 1 aliphatic heterocycles. The molecule has 0 unspecified atom stereocenters. The Morgan fingerprint density at radius 1 is 1.23 bits per heavy atom. The van der Waals surface area contributed by atoms with E-state index in [9.17, 15) is 4.79 Å². The van der Waals surface area contributed by atoms with Crippen LogP contribution in [0.25, 0.3) is 0 Å². The van der Waals surface area contributed by atoms with Crippen LogP contribution in [0, 0.1) is 11.7 Å². The second-order valence-electron chi connectivity index (χ2n) is 14.9. The van der Waals surface area contributed by atoms with Gasteiger partial charge >= 0.3 is 6.09 Å². The van der Waals surface area contributed by atoms with Crippen LogP contribution in [0.5, 0.6) is 0 Å². The Morgan fingerprint density at radius 3 is 2.51 bits per heavy atom. The minimum atomic E-state index is -1.72. The van der Waals surface area contributed by atoms with Crippen LogP contribution in [0.15, 0.2) is 29.4 Å². The zero-order valence-electron chi connectivity index (χ0n) is 26.8. The van der Waals surface area contributed by atoms with Gasteiger partial charge in [-0.25, -0.2) is 23.5 Å². The van der Waals surface area contributed by atoms with E-state index in [4.69, 9.17) is 20.2 Å². The molecule has 1 fully saturated rings. The van der Waals surface area contributed by atoms with E-state index in [-0.39, 0.29) is 23.4 Å². The molecule has 0 bridgehead atoms. The predicted molar refractivity (Wildman–Crippen MR) is 174 cm³/mol. The maximum atomic E-state index is 15.5. The number of anilines is 1. The third kappa shape index (κ3) is 7.68. The van der Waals surface area contributed by atoms with Crippen molar-refractivity contribution in [2.24, 2.45) is 10.9 Å². The van der Waals surface area contributed by atoms with Gasteiger partial charge in [-0.3, -0.25) is 4.68 Å². The van der Waals surface area contributed by atoms with Crippen LogP contribution >= 0.6 is 11.8 Å². The number of amidine groups is 1. The Hall–Kier alpha value is -2.30. The van der Waals surface area contributed by atoms with Gasteiger partial charge in [-0.1, -0.05) is 56.3 Å². The molecule has 0 saturated heterocycles. The fraction of sp³-hybridized carbons (Fsp3) is 0.655. The van der Waals surface area contributed by atoms with Crippen molar-refractivity contribution in [1.82, 2.24) is 19.9 Å². The van der Waals surface area contributed by atoms with Crippen LogP contribution in [-0.4, -0.2) is 77.7 Å². The highest BCUT2D eigenvalue weighted by Crippen LogP contribution is 2.67. The van der Waals surface area contributed by atoms with Gasteiger partial charge in [0.05, 0.1) is 11.9 Å². The van der Waals surface area contributed by atoms with Crippen LogP contribution in [0.4, 0.5) is 19.3 Å². The summed E-state index contributed by atoms with van der Waals surface area (Å²) in [5.74, 6) is -0.970. The van der Waals surface area contributed by atoms with E-state index in [1.54, 1.807) is 25.5 Å². The fourth-order valence-electron chi connectivity index (χ4n) is 5.13. The number of hydrogen-bond acceptors (Lipinski definition) is 8. The van der Waals surface area contributed by atoms with Gasteiger partial charge in [-0.15, -0.1) is 5.10 Å². The second kappa shape index (κ2) is 11.9. The number of nitrogens with zero attached hydrogens (tertiary/aromatic N) is 5.